The van der Waals surface area contributed by atoms with E-state index in [1.54, 1.807) is 6.20 Å². The largest absolute Gasteiger partial charge is 0.416 e. The van der Waals surface area contributed by atoms with Gasteiger partial charge in [-0.1, -0.05) is 24.6 Å². The fourth-order valence-corrected chi connectivity index (χ4v) is 6.54. The molecule has 2 aliphatic rings. The molecule has 2 fully saturated rings. The predicted molar refractivity (Wildman–Crippen MR) is 159 cm³/mol. The minimum atomic E-state index is -4.98. The van der Waals surface area contributed by atoms with Gasteiger partial charge in [-0.15, -0.1) is 0 Å². The molecule has 2 N–H and O–H groups in total. The summed E-state index contributed by atoms with van der Waals surface area (Å²) in [5, 5.41) is 3.69. The average molecular weight is 637 g/mol. The van der Waals surface area contributed by atoms with E-state index in [1.165, 1.54) is 19.3 Å². The number of aryl methyl sites for hydroxylation is 1. The predicted octanol–water partition coefficient (Wildman–Crippen LogP) is 6.39. The summed E-state index contributed by atoms with van der Waals surface area (Å²) in [6.45, 7) is 3.84. The SMILES string of the molecule is O=C(CN1CCC(N2CCCCC2)CC1)NC(Cc1c[nH]c2ccccc12)C(=O)CCc1cc(C(F)(F)F)cc(C(F)(F)F)c1. The van der Waals surface area contributed by atoms with Crippen LogP contribution in [0.1, 0.15) is 60.8 Å². The van der Waals surface area contributed by atoms with E-state index in [2.05, 4.69) is 20.1 Å². The Morgan fingerprint density at radius 3 is 2.18 bits per heavy atom. The Kier molecular flexibility index (Phi) is 10.2. The van der Waals surface area contributed by atoms with Crippen LogP contribution in [0.2, 0.25) is 0 Å². The van der Waals surface area contributed by atoms with Crippen molar-refractivity contribution in [3.63, 3.8) is 0 Å². The number of H-pyrrole nitrogens is 1. The molecule has 244 valence electrons. The smallest absolute Gasteiger partial charge is 0.361 e. The van der Waals surface area contributed by atoms with Crippen molar-refractivity contribution in [2.24, 2.45) is 0 Å². The number of fused-ring (bicyclic) bond motifs is 1. The molecule has 3 heterocycles. The zero-order valence-electron chi connectivity index (χ0n) is 24.9. The van der Waals surface area contributed by atoms with Gasteiger partial charge in [0.2, 0.25) is 5.91 Å². The van der Waals surface area contributed by atoms with Crippen LogP contribution in [-0.4, -0.2) is 71.3 Å². The van der Waals surface area contributed by atoms with Crippen LogP contribution in [0.25, 0.3) is 10.9 Å². The highest BCUT2D eigenvalue weighted by Crippen LogP contribution is 2.36. The van der Waals surface area contributed by atoms with Gasteiger partial charge in [-0.2, -0.15) is 26.3 Å². The van der Waals surface area contributed by atoms with Crippen LogP contribution < -0.4 is 5.32 Å². The molecule has 0 bridgehead atoms. The van der Waals surface area contributed by atoms with Crippen LogP contribution in [-0.2, 0) is 34.8 Å². The molecular weight excluding hydrogens is 598 g/mol. The number of nitrogens with zero attached hydrogens (tertiary/aromatic N) is 2. The number of alkyl halides is 6. The maximum absolute atomic E-state index is 13.5. The van der Waals surface area contributed by atoms with E-state index in [-0.39, 0.29) is 43.3 Å². The summed E-state index contributed by atoms with van der Waals surface area (Å²) in [7, 11) is 0. The topological polar surface area (TPSA) is 68.4 Å². The Labute approximate surface area is 258 Å². The summed E-state index contributed by atoms with van der Waals surface area (Å²) in [6, 6.07) is 8.30. The van der Waals surface area contributed by atoms with Crippen molar-refractivity contribution in [1.29, 1.82) is 0 Å². The van der Waals surface area contributed by atoms with Gasteiger partial charge in [0.15, 0.2) is 5.78 Å². The van der Waals surface area contributed by atoms with Gasteiger partial charge in [0.05, 0.1) is 23.7 Å². The molecule has 5 rings (SSSR count). The summed E-state index contributed by atoms with van der Waals surface area (Å²) >= 11 is 0. The summed E-state index contributed by atoms with van der Waals surface area (Å²) in [4.78, 5) is 34.4. The molecule has 2 aromatic carbocycles. The number of rotatable bonds is 10. The molecule has 6 nitrogen and oxygen atoms in total. The van der Waals surface area contributed by atoms with Gasteiger partial charge in [0.1, 0.15) is 0 Å². The number of Topliss-reactive ketones (excluding diaryl/α,β-unsaturated/α-hetero) is 1. The zero-order chi connectivity index (χ0) is 32.2. The van der Waals surface area contributed by atoms with Crippen LogP contribution in [0.5, 0.6) is 0 Å². The average Bonchev–Trinajstić information content (AvgIpc) is 3.42. The number of piperidine rings is 2. The molecular formula is C33H38F6N4O2. The number of aromatic nitrogens is 1. The van der Waals surface area contributed by atoms with E-state index in [9.17, 15) is 35.9 Å². The molecule has 0 spiro atoms. The summed E-state index contributed by atoms with van der Waals surface area (Å²) in [6.07, 6.45) is -3.15. The third-order valence-electron chi connectivity index (χ3n) is 8.96. The highest BCUT2D eigenvalue weighted by Gasteiger charge is 2.37. The normalized spacial score (nSPS) is 18.3. The minimum Gasteiger partial charge on any atom is -0.361 e. The maximum Gasteiger partial charge on any atom is 0.416 e. The van der Waals surface area contributed by atoms with E-state index >= 15 is 0 Å². The standard InChI is InChI=1S/C33H38F6N4O2/c34-32(35,36)24-16-22(17-25(19-24)33(37,38)39)8-9-30(44)29(18-23-20-40-28-7-3-2-6-27(23)28)41-31(45)21-42-14-10-26(11-15-42)43-12-4-1-5-13-43/h2-3,6-7,16-17,19-20,26,29,40H,1,4-5,8-15,18,21H2,(H,41,45). The number of carbonyl (C=O) groups excluding carboxylic acids is 2. The van der Waals surface area contributed by atoms with Crippen molar-refractivity contribution in [2.45, 2.75) is 75.8 Å². The molecule has 2 aliphatic heterocycles. The Hall–Kier alpha value is -3.38. The number of likely N-dealkylation sites (tertiary alicyclic amines) is 2. The van der Waals surface area contributed by atoms with Gasteiger partial charge in [0, 0.05) is 49.1 Å². The third kappa shape index (κ3) is 8.66. The number of hydrogen-bond acceptors (Lipinski definition) is 4. The minimum absolute atomic E-state index is 0.0701. The van der Waals surface area contributed by atoms with Crippen LogP contribution in [0, 0.1) is 0 Å². The van der Waals surface area contributed by atoms with Crippen molar-refractivity contribution >= 4 is 22.6 Å². The molecule has 12 heteroatoms. The van der Waals surface area contributed by atoms with E-state index in [0.29, 0.717) is 18.2 Å². The zero-order valence-corrected chi connectivity index (χ0v) is 24.9. The number of halogens is 6. The van der Waals surface area contributed by atoms with Crippen LogP contribution in [0.4, 0.5) is 26.3 Å². The number of benzene rings is 2. The van der Waals surface area contributed by atoms with Gasteiger partial charge in [-0.25, -0.2) is 0 Å². The van der Waals surface area contributed by atoms with E-state index in [0.717, 1.165) is 55.5 Å². The van der Waals surface area contributed by atoms with Gasteiger partial charge in [-0.3, -0.25) is 14.5 Å². The Morgan fingerprint density at radius 1 is 0.889 bits per heavy atom. The van der Waals surface area contributed by atoms with Crippen molar-refractivity contribution < 1.29 is 35.9 Å². The molecule has 1 aromatic heterocycles. The molecule has 1 unspecified atom stereocenters. The number of nitrogens with one attached hydrogen (secondary N) is 2. The highest BCUT2D eigenvalue weighted by atomic mass is 19.4. The lowest BCUT2D eigenvalue weighted by Gasteiger charge is -2.40. The van der Waals surface area contributed by atoms with Gasteiger partial charge < -0.3 is 15.2 Å². The first-order chi connectivity index (χ1) is 21.4. The molecule has 0 saturated carbocycles. The number of amides is 1. The molecule has 45 heavy (non-hydrogen) atoms. The second-order valence-corrected chi connectivity index (χ2v) is 12.2. The molecule has 3 aromatic rings. The molecule has 0 aliphatic carbocycles. The fourth-order valence-electron chi connectivity index (χ4n) is 6.54. The first kappa shape index (κ1) is 33.0. The molecule has 0 radical (unpaired) electrons. The maximum atomic E-state index is 13.5. The Bertz CT molecular complexity index is 1440. The first-order valence-corrected chi connectivity index (χ1v) is 15.5. The van der Waals surface area contributed by atoms with Crippen LogP contribution in [0.15, 0.2) is 48.7 Å². The molecule has 2 saturated heterocycles. The fraction of sp³-hybridized carbons (Fsp3) is 0.515. The van der Waals surface area contributed by atoms with Crippen molar-refractivity contribution in [2.75, 3.05) is 32.7 Å². The van der Waals surface area contributed by atoms with Crippen molar-refractivity contribution in [3.05, 3.63) is 70.9 Å². The third-order valence-corrected chi connectivity index (χ3v) is 8.96. The molecule has 1 amide bonds. The van der Waals surface area contributed by atoms with Gasteiger partial charge in [0.25, 0.3) is 0 Å². The number of hydrogen-bond donors (Lipinski definition) is 2. The highest BCUT2D eigenvalue weighted by molar-refractivity contribution is 5.91. The Balaban J connectivity index is 1.26. The number of aromatic amines is 1. The summed E-state index contributed by atoms with van der Waals surface area (Å²) in [5.41, 5.74) is -1.49. The summed E-state index contributed by atoms with van der Waals surface area (Å²) < 4.78 is 80.2. The lowest BCUT2D eigenvalue weighted by Crippen LogP contribution is -2.50. The summed E-state index contributed by atoms with van der Waals surface area (Å²) in [5.74, 6) is -0.813. The molecule has 1 atom stereocenters. The van der Waals surface area contributed by atoms with E-state index in [4.69, 9.17) is 0 Å². The second-order valence-electron chi connectivity index (χ2n) is 12.2. The monoisotopic (exact) mass is 636 g/mol. The first-order valence-electron chi connectivity index (χ1n) is 15.5. The Morgan fingerprint density at radius 2 is 1.53 bits per heavy atom. The van der Waals surface area contributed by atoms with Crippen LogP contribution >= 0.6 is 0 Å². The number of carbonyl (C=O) groups is 2. The van der Waals surface area contributed by atoms with Crippen molar-refractivity contribution in [1.82, 2.24) is 20.1 Å². The van der Waals surface area contributed by atoms with Gasteiger partial charge >= 0.3 is 12.4 Å². The number of ketones is 1. The van der Waals surface area contributed by atoms with Crippen molar-refractivity contribution in [3.8, 4) is 0 Å². The number of para-hydroxylation sites is 1. The lowest BCUT2D eigenvalue weighted by molar-refractivity contribution is -0.143. The quantitative estimate of drug-likeness (QED) is 0.254. The van der Waals surface area contributed by atoms with E-state index in [1.807, 2.05) is 24.3 Å². The van der Waals surface area contributed by atoms with Crippen LogP contribution in [0.3, 0.4) is 0 Å². The lowest BCUT2D eigenvalue weighted by atomic mass is 9.95. The van der Waals surface area contributed by atoms with E-state index < -0.39 is 35.3 Å². The van der Waals surface area contributed by atoms with Gasteiger partial charge in [-0.05, 0) is 80.6 Å². The second kappa shape index (κ2) is 13.9.